The number of nitrogens with zero attached hydrogens (tertiary/aromatic N) is 3. The van der Waals surface area contributed by atoms with E-state index in [2.05, 4.69) is 25.5 Å². The number of anilines is 1. The molecule has 0 saturated heterocycles. The second-order valence-corrected chi connectivity index (χ2v) is 6.40. The number of thioether (sulfide) groups is 1. The Balaban J connectivity index is 1.98. The number of hydrogen-bond acceptors (Lipinski definition) is 7. The number of aryl methyl sites for hydroxylation is 2. The van der Waals surface area contributed by atoms with Gasteiger partial charge in [0.1, 0.15) is 5.01 Å². The summed E-state index contributed by atoms with van der Waals surface area (Å²) in [6.45, 7) is 3.76. The van der Waals surface area contributed by atoms with Crippen LogP contribution in [0.5, 0.6) is 0 Å². The summed E-state index contributed by atoms with van der Waals surface area (Å²) >= 11 is 2.73. The van der Waals surface area contributed by atoms with Gasteiger partial charge in [-0.1, -0.05) is 30.0 Å². The van der Waals surface area contributed by atoms with Gasteiger partial charge in [0.05, 0.1) is 0 Å². The zero-order valence-corrected chi connectivity index (χ0v) is 14.2. The van der Waals surface area contributed by atoms with E-state index >= 15 is 0 Å². The summed E-state index contributed by atoms with van der Waals surface area (Å²) in [5.74, 6) is -0.188. The molecule has 0 spiro atoms. The van der Waals surface area contributed by atoms with Crippen LogP contribution in [0.25, 0.3) is 0 Å². The first kappa shape index (κ1) is 16.6. The Morgan fingerprint density at radius 2 is 2.18 bits per heavy atom. The molecule has 0 aliphatic heterocycles. The molecule has 0 atom stereocenters. The van der Waals surface area contributed by atoms with E-state index in [1.54, 1.807) is 6.92 Å². The summed E-state index contributed by atoms with van der Waals surface area (Å²) in [5.41, 5.74) is 1.01. The Labute approximate surface area is 136 Å². The van der Waals surface area contributed by atoms with Crippen molar-refractivity contribution in [2.24, 2.45) is 0 Å². The first-order valence-electron chi connectivity index (χ1n) is 6.79. The fourth-order valence-corrected chi connectivity index (χ4v) is 2.96. The van der Waals surface area contributed by atoms with Gasteiger partial charge in [0.25, 0.3) is 5.56 Å². The predicted octanol–water partition coefficient (Wildman–Crippen LogP) is 1.79. The summed E-state index contributed by atoms with van der Waals surface area (Å²) in [6, 6.07) is 0. The van der Waals surface area contributed by atoms with E-state index in [4.69, 9.17) is 0 Å². The summed E-state index contributed by atoms with van der Waals surface area (Å²) in [4.78, 5) is 30.9. The number of H-pyrrole nitrogens is 1. The molecule has 2 aromatic heterocycles. The van der Waals surface area contributed by atoms with Crippen molar-refractivity contribution in [3.05, 3.63) is 26.6 Å². The van der Waals surface area contributed by atoms with E-state index in [-0.39, 0.29) is 17.9 Å². The Morgan fingerprint density at radius 1 is 1.41 bits per heavy atom. The Bertz CT molecular complexity index is 725. The molecule has 0 fully saturated rings. The minimum atomic E-state index is -0.188. The minimum absolute atomic E-state index is 0.186. The molecule has 2 rings (SSSR count). The van der Waals surface area contributed by atoms with Gasteiger partial charge in [-0.25, -0.2) is 4.98 Å². The number of carbonyl (C=O) groups excluding carboxylic acids is 1. The van der Waals surface area contributed by atoms with E-state index in [0.717, 1.165) is 11.4 Å². The van der Waals surface area contributed by atoms with Crippen LogP contribution in [-0.4, -0.2) is 32.3 Å². The first-order chi connectivity index (χ1) is 10.5. The number of aromatic amines is 1. The monoisotopic (exact) mass is 339 g/mol. The number of hydrogen-bond donors (Lipinski definition) is 2. The lowest BCUT2D eigenvalue weighted by Gasteiger charge is -2.05. The zero-order chi connectivity index (χ0) is 16.1. The number of aromatic nitrogens is 4. The Hall–Kier alpha value is -1.74. The van der Waals surface area contributed by atoms with Crippen LogP contribution in [0.3, 0.4) is 0 Å². The second kappa shape index (κ2) is 7.50. The molecule has 0 aromatic carbocycles. The van der Waals surface area contributed by atoms with Gasteiger partial charge in [0, 0.05) is 17.7 Å². The van der Waals surface area contributed by atoms with Crippen molar-refractivity contribution in [2.45, 2.75) is 38.3 Å². The zero-order valence-electron chi connectivity index (χ0n) is 12.6. The third kappa shape index (κ3) is 4.14. The van der Waals surface area contributed by atoms with Crippen LogP contribution < -0.4 is 10.9 Å². The third-order valence-corrected chi connectivity index (χ3v) is 4.57. The largest absolute Gasteiger partial charge is 0.301 e. The lowest BCUT2D eigenvalue weighted by molar-refractivity contribution is -0.116. The van der Waals surface area contributed by atoms with Gasteiger partial charge in [0.15, 0.2) is 5.16 Å². The minimum Gasteiger partial charge on any atom is -0.301 e. The molecule has 0 bridgehead atoms. The average Bonchev–Trinajstić information content (AvgIpc) is 2.93. The molecule has 0 aliphatic carbocycles. The summed E-state index contributed by atoms with van der Waals surface area (Å²) in [6.07, 6.45) is 3.17. The number of carbonyl (C=O) groups is 1. The van der Waals surface area contributed by atoms with Crippen LogP contribution in [0.15, 0.2) is 9.95 Å². The van der Waals surface area contributed by atoms with Crippen LogP contribution in [-0.2, 0) is 17.6 Å². The van der Waals surface area contributed by atoms with E-state index in [0.29, 0.717) is 28.0 Å². The molecular weight excluding hydrogens is 322 g/mol. The molecule has 2 heterocycles. The third-order valence-electron chi connectivity index (χ3n) is 3.01. The predicted molar refractivity (Wildman–Crippen MR) is 87.6 cm³/mol. The van der Waals surface area contributed by atoms with Crippen molar-refractivity contribution in [3.8, 4) is 0 Å². The average molecular weight is 339 g/mol. The highest BCUT2D eigenvalue weighted by molar-refractivity contribution is 7.98. The maximum atomic E-state index is 12.0. The van der Waals surface area contributed by atoms with E-state index in [9.17, 15) is 9.59 Å². The number of nitrogens with one attached hydrogen (secondary N) is 2. The molecule has 2 N–H and O–H groups in total. The van der Waals surface area contributed by atoms with Gasteiger partial charge in [-0.15, -0.1) is 10.2 Å². The molecule has 9 heteroatoms. The maximum absolute atomic E-state index is 12.0. The lowest BCUT2D eigenvalue weighted by atomic mass is 10.1. The summed E-state index contributed by atoms with van der Waals surface area (Å²) < 4.78 is 0. The van der Waals surface area contributed by atoms with Crippen LogP contribution in [0, 0.1) is 6.92 Å². The Kier molecular flexibility index (Phi) is 5.67. The molecular formula is C13H17N5O2S2. The van der Waals surface area contributed by atoms with Gasteiger partial charge in [-0.3, -0.25) is 9.59 Å². The highest BCUT2D eigenvalue weighted by atomic mass is 32.2. The van der Waals surface area contributed by atoms with Gasteiger partial charge in [-0.05, 0) is 26.0 Å². The van der Waals surface area contributed by atoms with Crippen LogP contribution in [0.1, 0.15) is 29.6 Å². The fourth-order valence-electron chi connectivity index (χ4n) is 1.84. The van der Waals surface area contributed by atoms with Crippen molar-refractivity contribution in [1.82, 2.24) is 20.2 Å². The first-order valence-corrected chi connectivity index (χ1v) is 8.83. The van der Waals surface area contributed by atoms with Gasteiger partial charge < -0.3 is 10.3 Å². The maximum Gasteiger partial charge on any atom is 0.254 e. The molecule has 118 valence electrons. The molecule has 2 aromatic rings. The van der Waals surface area contributed by atoms with Crippen molar-refractivity contribution in [1.29, 1.82) is 0 Å². The van der Waals surface area contributed by atoms with E-state index in [1.165, 1.54) is 23.1 Å². The molecule has 1 amide bonds. The van der Waals surface area contributed by atoms with Crippen LogP contribution >= 0.6 is 23.1 Å². The summed E-state index contributed by atoms with van der Waals surface area (Å²) in [7, 11) is 0. The number of rotatable bonds is 6. The second-order valence-electron chi connectivity index (χ2n) is 4.54. The lowest BCUT2D eigenvalue weighted by Crippen LogP contribution is -2.20. The Morgan fingerprint density at radius 3 is 2.77 bits per heavy atom. The quantitative estimate of drug-likeness (QED) is 0.615. The molecule has 22 heavy (non-hydrogen) atoms. The molecule has 0 aliphatic rings. The standard InChI is InChI=1S/C13H17N5O2S2/c1-4-10-17-18-13(22-10)15-9(19)6-5-8-7(2)14-12(21-3)16-11(8)20/h4-6H2,1-3H3,(H,14,16,20)(H,15,18,19). The highest BCUT2D eigenvalue weighted by Gasteiger charge is 2.12. The topological polar surface area (TPSA) is 101 Å². The van der Waals surface area contributed by atoms with Crippen LogP contribution in [0.4, 0.5) is 5.13 Å². The SMILES string of the molecule is CCc1nnc(NC(=O)CCc2c(C)nc(SC)[nH]c2=O)s1. The normalized spacial score (nSPS) is 10.7. The van der Waals surface area contributed by atoms with Crippen molar-refractivity contribution in [2.75, 3.05) is 11.6 Å². The smallest absolute Gasteiger partial charge is 0.254 e. The molecule has 0 radical (unpaired) electrons. The van der Waals surface area contributed by atoms with Crippen molar-refractivity contribution < 1.29 is 4.79 Å². The molecule has 0 unspecified atom stereocenters. The number of amides is 1. The van der Waals surface area contributed by atoms with Crippen molar-refractivity contribution >= 4 is 34.1 Å². The van der Waals surface area contributed by atoms with E-state index in [1.807, 2.05) is 13.2 Å². The fraction of sp³-hybridized carbons (Fsp3) is 0.462. The van der Waals surface area contributed by atoms with Gasteiger partial charge in [-0.2, -0.15) is 0 Å². The molecule has 0 saturated carbocycles. The molecule has 7 nitrogen and oxygen atoms in total. The van der Waals surface area contributed by atoms with Crippen LogP contribution in [0.2, 0.25) is 0 Å². The van der Waals surface area contributed by atoms with Gasteiger partial charge >= 0.3 is 0 Å². The van der Waals surface area contributed by atoms with Gasteiger partial charge in [0.2, 0.25) is 11.0 Å². The van der Waals surface area contributed by atoms with E-state index < -0.39 is 0 Å². The summed E-state index contributed by atoms with van der Waals surface area (Å²) in [5, 5.41) is 12.5. The highest BCUT2D eigenvalue weighted by Crippen LogP contribution is 2.16. The van der Waals surface area contributed by atoms with Crippen molar-refractivity contribution in [3.63, 3.8) is 0 Å².